The predicted molar refractivity (Wildman–Crippen MR) is 94.4 cm³/mol. The lowest BCUT2D eigenvalue weighted by Crippen LogP contribution is -2.46. The molecule has 0 saturated carbocycles. The maximum absolute atomic E-state index is 12.1. The fraction of sp³-hybridized carbons (Fsp3) is 0.529. The van der Waals surface area contributed by atoms with Crippen LogP contribution in [-0.2, 0) is 20.7 Å². The summed E-state index contributed by atoms with van der Waals surface area (Å²) in [6, 6.07) is 3.42. The highest BCUT2D eigenvalue weighted by Crippen LogP contribution is 2.33. The summed E-state index contributed by atoms with van der Waals surface area (Å²) in [7, 11) is 3.06. The first kappa shape index (κ1) is 20.3. The standard InChI is InChI=1S/C17H24BrNO5/c1-10(16(21)19-17(2,3)4)24-15(20)8-11-7-13(22-5)14(23-6)9-12(11)18/h7,9-10H,8H2,1-6H3,(H,19,21)/t10-/m1/s1. The van der Waals surface area contributed by atoms with Crippen molar-refractivity contribution in [3.05, 3.63) is 22.2 Å². The first-order valence-corrected chi connectivity index (χ1v) is 8.28. The molecule has 1 amide bonds. The minimum atomic E-state index is -0.865. The minimum Gasteiger partial charge on any atom is -0.493 e. The van der Waals surface area contributed by atoms with Gasteiger partial charge in [-0.05, 0) is 45.4 Å². The number of esters is 1. The van der Waals surface area contributed by atoms with Gasteiger partial charge in [-0.2, -0.15) is 0 Å². The second kappa shape index (κ2) is 8.37. The molecule has 0 aromatic heterocycles. The number of rotatable bonds is 6. The lowest BCUT2D eigenvalue weighted by Gasteiger charge is -2.23. The Kier molecular flexibility index (Phi) is 7.08. The van der Waals surface area contributed by atoms with E-state index >= 15 is 0 Å². The van der Waals surface area contributed by atoms with Crippen LogP contribution in [0.1, 0.15) is 33.3 Å². The molecule has 0 aliphatic heterocycles. The quantitative estimate of drug-likeness (QED) is 0.741. The van der Waals surface area contributed by atoms with Crippen LogP contribution in [-0.4, -0.2) is 37.7 Å². The smallest absolute Gasteiger partial charge is 0.311 e. The third kappa shape index (κ3) is 6.03. The highest BCUT2D eigenvalue weighted by molar-refractivity contribution is 9.10. The van der Waals surface area contributed by atoms with Crippen molar-refractivity contribution < 1.29 is 23.8 Å². The van der Waals surface area contributed by atoms with E-state index in [0.29, 0.717) is 21.5 Å². The number of carbonyl (C=O) groups is 2. The molecule has 6 nitrogen and oxygen atoms in total. The Morgan fingerprint density at radius 1 is 1.17 bits per heavy atom. The number of amides is 1. The average Bonchev–Trinajstić information content (AvgIpc) is 2.46. The average molecular weight is 402 g/mol. The van der Waals surface area contributed by atoms with E-state index in [4.69, 9.17) is 14.2 Å². The van der Waals surface area contributed by atoms with Gasteiger partial charge in [-0.1, -0.05) is 15.9 Å². The summed E-state index contributed by atoms with van der Waals surface area (Å²) in [5.41, 5.74) is 0.297. The van der Waals surface area contributed by atoms with E-state index in [0.717, 1.165) is 0 Å². The number of nitrogens with one attached hydrogen (secondary N) is 1. The normalized spacial score (nSPS) is 12.3. The van der Waals surface area contributed by atoms with Crippen molar-refractivity contribution in [2.45, 2.75) is 45.8 Å². The molecule has 0 saturated heterocycles. The summed E-state index contributed by atoms with van der Waals surface area (Å²) in [5, 5.41) is 2.77. The second-order valence-corrected chi connectivity index (χ2v) is 7.20. The van der Waals surface area contributed by atoms with Crippen LogP contribution in [0.25, 0.3) is 0 Å². The van der Waals surface area contributed by atoms with Gasteiger partial charge in [0.25, 0.3) is 5.91 Å². The molecule has 0 unspecified atom stereocenters. The Morgan fingerprint density at radius 2 is 1.71 bits per heavy atom. The highest BCUT2D eigenvalue weighted by atomic mass is 79.9. The van der Waals surface area contributed by atoms with E-state index in [1.807, 2.05) is 20.8 Å². The number of benzene rings is 1. The number of methoxy groups -OCH3 is 2. The summed E-state index contributed by atoms with van der Waals surface area (Å²) in [6.45, 7) is 7.13. The van der Waals surface area contributed by atoms with Gasteiger partial charge in [-0.25, -0.2) is 0 Å². The van der Waals surface area contributed by atoms with E-state index < -0.39 is 12.1 Å². The van der Waals surface area contributed by atoms with Crippen molar-refractivity contribution in [1.29, 1.82) is 0 Å². The van der Waals surface area contributed by atoms with Crippen LogP contribution in [0.5, 0.6) is 11.5 Å². The maximum atomic E-state index is 12.1. The van der Waals surface area contributed by atoms with E-state index in [1.165, 1.54) is 14.2 Å². The van der Waals surface area contributed by atoms with E-state index in [9.17, 15) is 9.59 Å². The molecule has 24 heavy (non-hydrogen) atoms. The SMILES string of the molecule is COc1cc(Br)c(CC(=O)O[C@H](C)C(=O)NC(C)(C)C)cc1OC. The first-order valence-electron chi connectivity index (χ1n) is 7.49. The van der Waals surface area contributed by atoms with Gasteiger partial charge >= 0.3 is 5.97 Å². The first-order chi connectivity index (χ1) is 11.1. The van der Waals surface area contributed by atoms with Crippen molar-refractivity contribution in [1.82, 2.24) is 5.32 Å². The molecule has 0 heterocycles. The van der Waals surface area contributed by atoms with Crippen LogP contribution in [0.2, 0.25) is 0 Å². The zero-order chi connectivity index (χ0) is 18.5. The zero-order valence-electron chi connectivity index (χ0n) is 14.9. The molecular formula is C17H24BrNO5. The van der Waals surface area contributed by atoms with Gasteiger partial charge in [-0.15, -0.1) is 0 Å². The predicted octanol–water partition coefficient (Wildman–Crippen LogP) is 2.86. The third-order valence-electron chi connectivity index (χ3n) is 3.06. The lowest BCUT2D eigenvalue weighted by molar-refractivity contribution is -0.154. The molecule has 0 spiro atoms. The lowest BCUT2D eigenvalue weighted by atomic mass is 10.1. The molecule has 1 N–H and O–H groups in total. The molecule has 0 fully saturated rings. The van der Waals surface area contributed by atoms with Gasteiger partial charge in [0.2, 0.25) is 0 Å². The molecule has 0 aliphatic carbocycles. The number of carbonyl (C=O) groups excluding carboxylic acids is 2. The van der Waals surface area contributed by atoms with Crippen LogP contribution in [0.3, 0.4) is 0 Å². The number of hydrogen-bond donors (Lipinski definition) is 1. The maximum Gasteiger partial charge on any atom is 0.311 e. The van der Waals surface area contributed by atoms with Crippen LogP contribution in [0, 0.1) is 0 Å². The molecule has 1 atom stereocenters. The highest BCUT2D eigenvalue weighted by Gasteiger charge is 2.23. The van der Waals surface area contributed by atoms with Gasteiger partial charge in [-0.3, -0.25) is 9.59 Å². The molecule has 1 aromatic carbocycles. The fourth-order valence-electron chi connectivity index (χ4n) is 1.95. The minimum absolute atomic E-state index is 0.00801. The number of ether oxygens (including phenoxy) is 3. The van der Waals surface area contributed by atoms with Crippen molar-refractivity contribution in [3.8, 4) is 11.5 Å². The zero-order valence-corrected chi connectivity index (χ0v) is 16.4. The Labute approximate surface area is 151 Å². The number of hydrogen-bond acceptors (Lipinski definition) is 5. The summed E-state index contributed by atoms with van der Waals surface area (Å²) < 4.78 is 16.3. The van der Waals surface area contributed by atoms with Crippen LogP contribution < -0.4 is 14.8 Å². The topological polar surface area (TPSA) is 73.9 Å². The van der Waals surface area contributed by atoms with Gasteiger partial charge in [0.1, 0.15) is 0 Å². The van der Waals surface area contributed by atoms with E-state index in [-0.39, 0.29) is 17.9 Å². The molecule has 134 valence electrons. The van der Waals surface area contributed by atoms with E-state index in [1.54, 1.807) is 19.1 Å². The van der Waals surface area contributed by atoms with Crippen molar-refractivity contribution >= 4 is 27.8 Å². The molecule has 1 rings (SSSR count). The molecule has 7 heteroatoms. The molecular weight excluding hydrogens is 378 g/mol. The molecule has 1 aromatic rings. The summed E-state index contributed by atoms with van der Waals surface area (Å²) >= 11 is 3.39. The van der Waals surface area contributed by atoms with Gasteiger partial charge < -0.3 is 19.5 Å². The van der Waals surface area contributed by atoms with E-state index in [2.05, 4.69) is 21.2 Å². The van der Waals surface area contributed by atoms with Gasteiger partial charge in [0, 0.05) is 10.0 Å². The molecule has 0 bridgehead atoms. The summed E-state index contributed by atoms with van der Waals surface area (Å²) in [4.78, 5) is 24.1. The summed E-state index contributed by atoms with van der Waals surface area (Å²) in [6.07, 6.45) is -0.857. The van der Waals surface area contributed by atoms with Crippen LogP contribution in [0.15, 0.2) is 16.6 Å². The monoisotopic (exact) mass is 401 g/mol. The van der Waals surface area contributed by atoms with Crippen LogP contribution in [0.4, 0.5) is 0 Å². The third-order valence-corrected chi connectivity index (χ3v) is 3.80. The fourth-order valence-corrected chi connectivity index (χ4v) is 2.41. The van der Waals surface area contributed by atoms with Gasteiger partial charge in [0.15, 0.2) is 17.6 Å². The molecule has 0 aliphatic rings. The van der Waals surface area contributed by atoms with Crippen LogP contribution >= 0.6 is 15.9 Å². The molecule has 0 radical (unpaired) electrons. The Morgan fingerprint density at radius 3 is 2.21 bits per heavy atom. The largest absolute Gasteiger partial charge is 0.493 e. The Balaban J connectivity index is 2.76. The number of halogens is 1. The van der Waals surface area contributed by atoms with Crippen molar-refractivity contribution in [2.75, 3.05) is 14.2 Å². The second-order valence-electron chi connectivity index (χ2n) is 6.35. The summed E-state index contributed by atoms with van der Waals surface area (Å²) in [5.74, 6) is 0.239. The Bertz CT molecular complexity index is 610. The Hall–Kier alpha value is -1.76. The van der Waals surface area contributed by atoms with Crippen molar-refractivity contribution in [2.24, 2.45) is 0 Å². The van der Waals surface area contributed by atoms with Crippen molar-refractivity contribution in [3.63, 3.8) is 0 Å². The van der Waals surface area contributed by atoms with Gasteiger partial charge in [0.05, 0.1) is 20.6 Å².